The quantitative estimate of drug-likeness (QED) is 0.667. The molecule has 1 N–H and O–H groups in total. The molecule has 0 aromatic heterocycles. The Balaban J connectivity index is 2.89. The van der Waals surface area contributed by atoms with Crippen molar-refractivity contribution in [2.24, 2.45) is 0 Å². The van der Waals surface area contributed by atoms with Crippen LogP contribution < -0.4 is 0 Å². The molecule has 0 saturated heterocycles. The third-order valence-electron chi connectivity index (χ3n) is 1.86. The summed E-state index contributed by atoms with van der Waals surface area (Å²) in [5.74, 6) is 2.29. The summed E-state index contributed by atoms with van der Waals surface area (Å²) < 4.78 is 52.4. The maximum Gasteiger partial charge on any atom is 0.416 e. The third-order valence-corrected chi connectivity index (χ3v) is 2.86. The molecule has 0 amide bonds. The van der Waals surface area contributed by atoms with Crippen molar-refractivity contribution in [1.29, 1.82) is 0 Å². The first-order valence-corrected chi connectivity index (χ1v) is 6.50. The van der Waals surface area contributed by atoms with Crippen LogP contribution in [0.5, 0.6) is 0 Å². The predicted octanol–water partition coefficient (Wildman–Crippen LogP) is 3.24. The molecule has 1 aromatic rings. The molecule has 1 atom stereocenters. The molecule has 0 radical (unpaired) electrons. The van der Waals surface area contributed by atoms with E-state index in [1.54, 1.807) is 0 Å². The van der Waals surface area contributed by atoms with Gasteiger partial charge in [0.1, 0.15) is 0 Å². The first-order valence-electron chi connectivity index (χ1n) is 4.92. The van der Waals surface area contributed by atoms with E-state index in [2.05, 4.69) is 10.4 Å². The zero-order chi connectivity index (χ0) is 13.8. The van der Waals surface area contributed by atoms with Gasteiger partial charge in [0.15, 0.2) is 0 Å². The fraction of sp³-hybridized carbons (Fsp3) is 0.273. The van der Waals surface area contributed by atoms with Gasteiger partial charge in [0.05, 0.1) is 12.2 Å². The molecule has 7 heteroatoms. The van der Waals surface area contributed by atoms with E-state index in [9.17, 15) is 17.7 Å². The summed E-state index contributed by atoms with van der Waals surface area (Å²) in [6.07, 6.45) is -4.41. The molecule has 18 heavy (non-hydrogen) atoms. The Morgan fingerprint density at radius 2 is 1.89 bits per heavy atom. The van der Waals surface area contributed by atoms with Crippen LogP contribution in [0, 0.1) is 11.6 Å². The van der Waals surface area contributed by atoms with Crippen molar-refractivity contribution >= 4 is 7.60 Å². The van der Waals surface area contributed by atoms with Crippen molar-refractivity contribution in [3.63, 3.8) is 0 Å². The minimum Gasteiger partial charge on any atom is -0.315 e. The molecule has 98 valence electrons. The Morgan fingerprint density at radius 1 is 1.33 bits per heavy atom. The largest absolute Gasteiger partial charge is 0.416 e. The van der Waals surface area contributed by atoms with Gasteiger partial charge in [0.2, 0.25) is 0 Å². The molecular weight excluding hydrogens is 268 g/mol. The van der Waals surface area contributed by atoms with Gasteiger partial charge in [-0.25, -0.2) is 4.57 Å². The molecule has 1 unspecified atom stereocenters. The average Bonchev–Trinajstić information content (AvgIpc) is 2.26. The molecule has 0 aliphatic rings. The highest BCUT2D eigenvalue weighted by molar-refractivity contribution is 7.58. The lowest BCUT2D eigenvalue weighted by molar-refractivity contribution is -0.137. The Bertz CT molecular complexity index is 511. The van der Waals surface area contributed by atoms with Gasteiger partial charge in [0, 0.05) is 11.2 Å². The van der Waals surface area contributed by atoms with Crippen molar-refractivity contribution in [2.45, 2.75) is 13.1 Å². The van der Waals surface area contributed by atoms with Gasteiger partial charge < -0.3 is 4.89 Å². The summed E-state index contributed by atoms with van der Waals surface area (Å²) in [7, 11) is -3.99. The second-order valence-electron chi connectivity index (χ2n) is 3.25. The van der Waals surface area contributed by atoms with Crippen LogP contribution in [0.4, 0.5) is 13.2 Å². The zero-order valence-corrected chi connectivity index (χ0v) is 10.3. The fourth-order valence-corrected chi connectivity index (χ4v) is 1.77. The summed E-state index contributed by atoms with van der Waals surface area (Å²) in [4.78, 5) is 9.14. The smallest absolute Gasteiger partial charge is 0.315 e. The second-order valence-corrected chi connectivity index (χ2v) is 4.77. The van der Waals surface area contributed by atoms with Crippen molar-refractivity contribution < 1.29 is 27.2 Å². The highest BCUT2D eigenvalue weighted by atomic mass is 31.2. The molecule has 0 bridgehead atoms. The summed E-state index contributed by atoms with van der Waals surface area (Å²) in [6, 6.07) is 3.96. The summed E-state index contributed by atoms with van der Waals surface area (Å²) in [5, 5.41) is 0. The van der Waals surface area contributed by atoms with Gasteiger partial charge in [-0.05, 0) is 31.2 Å². The van der Waals surface area contributed by atoms with Gasteiger partial charge in [-0.2, -0.15) is 13.2 Å². The second kappa shape index (κ2) is 5.57. The van der Waals surface area contributed by atoms with Crippen molar-refractivity contribution in [2.75, 3.05) is 6.61 Å². The summed E-state index contributed by atoms with van der Waals surface area (Å²) in [5.41, 5.74) is 1.40. The number of hydrogen-bond donors (Lipinski definition) is 1. The number of benzene rings is 1. The normalized spacial score (nSPS) is 14.5. The SMILES string of the molecule is CCOP(=O)(O)C#Cc1ccc(C(F)(F)F)cc1. The maximum absolute atomic E-state index is 12.3. The number of rotatable bonds is 2. The van der Waals surface area contributed by atoms with E-state index >= 15 is 0 Å². The Labute approximate surface area is 102 Å². The molecule has 3 nitrogen and oxygen atoms in total. The number of halogens is 3. The van der Waals surface area contributed by atoms with Crippen molar-refractivity contribution in [3.05, 3.63) is 35.4 Å². The molecule has 0 aliphatic carbocycles. The topological polar surface area (TPSA) is 46.5 Å². The highest BCUT2D eigenvalue weighted by Gasteiger charge is 2.29. The minimum atomic E-state index is -4.41. The minimum absolute atomic E-state index is 0.0233. The molecule has 0 fully saturated rings. The molecule has 0 heterocycles. The van der Waals surface area contributed by atoms with Crippen LogP contribution in [0.2, 0.25) is 0 Å². The first-order chi connectivity index (χ1) is 8.24. The van der Waals surface area contributed by atoms with E-state index in [1.165, 1.54) is 6.92 Å². The molecule has 0 spiro atoms. The predicted molar refractivity (Wildman–Crippen MR) is 59.8 cm³/mol. The van der Waals surface area contributed by atoms with Gasteiger partial charge in [0.25, 0.3) is 0 Å². The van der Waals surface area contributed by atoms with E-state index in [1.807, 2.05) is 5.66 Å². The van der Waals surface area contributed by atoms with Crippen LogP contribution in [0.3, 0.4) is 0 Å². The molecule has 1 rings (SSSR count). The number of alkyl halides is 3. The molecule has 0 saturated carbocycles. The molecule has 0 aliphatic heterocycles. The summed E-state index contributed by atoms with van der Waals surface area (Å²) >= 11 is 0. The van der Waals surface area contributed by atoms with Crippen LogP contribution in [0.25, 0.3) is 0 Å². The van der Waals surface area contributed by atoms with Crippen molar-refractivity contribution in [3.8, 4) is 11.6 Å². The average molecular weight is 278 g/mol. The van der Waals surface area contributed by atoms with Crippen molar-refractivity contribution in [1.82, 2.24) is 0 Å². The molecular formula is C11H10F3O3P. The lowest BCUT2D eigenvalue weighted by Crippen LogP contribution is -2.04. The maximum atomic E-state index is 12.3. The van der Waals surface area contributed by atoms with Crippen LogP contribution in [-0.4, -0.2) is 11.5 Å². The van der Waals surface area contributed by atoms with E-state index in [-0.39, 0.29) is 12.2 Å². The van der Waals surface area contributed by atoms with Gasteiger partial charge >= 0.3 is 13.8 Å². The van der Waals surface area contributed by atoms with E-state index in [4.69, 9.17) is 4.89 Å². The Kier molecular flexibility index (Phi) is 4.58. The monoisotopic (exact) mass is 278 g/mol. The van der Waals surface area contributed by atoms with Gasteiger partial charge in [-0.1, -0.05) is 5.92 Å². The lowest BCUT2D eigenvalue weighted by atomic mass is 10.1. The zero-order valence-electron chi connectivity index (χ0n) is 9.36. The molecule has 1 aromatic carbocycles. The highest BCUT2D eigenvalue weighted by Crippen LogP contribution is 2.40. The summed E-state index contributed by atoms with van der Waals surface area (Å²) in [6.45, 7) is 1.55. The van der Waals surface area contributed by atoms with Gasteiger partial charge in [-0.3, -0.25) is 4.52 Å². The van der Waals surface area contributed by atoms with Crippen LogP contribution >= 0.6 is 7.60 Å². The fourth-order valence-electron chi connectivity index (χ4n) is 1.09. The Morgan fingerprint density at radius 3 is 2.33 bits per heavy atom. The third kappa shape index (κ3) is 4.53. The van der Waals surface area contributed by atoms with Crippen LogP contribution in [0.15, 0.2) is 24.3 Å². The Hall–Kier alpha value is -1.28. The van der Waals surface area contributed by atoms with Crippen LogP contribution in [-0.2, 0) is 15.3 Å². The first kappa shape index (κ1) is 14.8. The lowest BCUT2D eigenvalue weighted by Gasteiger charge is -2.05. The standard InChI is InChI=1S/C11H10F3O3P/c1-2-17-18(15,16)8-7-9-3-5-10(6-4-9)11(12,13)14/h3-6H,2H2,1H3,(H,15,16). The van der Waals surface area contributed by atoms with E-state index in [0.717, 1.165) is 24.3 Å². The van der Waals surface area contributed by atoms with Crippen LogP contribution in [0.1, 0.15) is 18.1 Å². The number of hydrogen-bond acceptors (Lipinski definition) is 2. The van der Waals surface area contributed by atoms with E-state index < -0.39 is 19.3 Å². The van der Waals surface area contributed by atoms with Gasteiger partial charge in [-0.15, -0.1) is 0 Å². The van der Waals surface area contributed by atoms with E-state index in [0.29, 0.717) is 0 Å².